The molecule has 0 spiro atoms. The van der Waals surface area contributed by atoms with Crippen LogP contribution in [-0.2, 0) is 6.61 Å². The van der Waals surface area contributed by atoms with Crippen LogP contribution < -0.4 is 0 Å². The Labute approximate surface area is 120 Å². The highest BCUT2D eigenvalue weighted by Gasteiger charge is 2.15. The van der Waals surface area contributed by atoms with E-state index in [1.807, 2.05) is 0 Å². The maximum atomic E-state index is 11.8. The summed E-state index contributed by atoms with van der Waals surface area (Å²) in [6.07, 6.45) is 1.57. The van der Waals surface area contributed by atoms with Crippen LogP contribution in [0, 0.1) is 10.1 Å². The molecule has 0 aliphatic carbocycles. The van der Waals surface area contributed by atoms with Gasteiger partial charge < -0.3 is 10.0 Å². The third-order valence-electron chi connectivity index (χ3n) is 2.91. The summed E-state index contributed by atoms with van der Waals surface area (Å²) in [6.45, 7) is -0.367. The van der Waals surface area contributed by atoms with Crippen LogP contribution in [0.4, 0.5) is 5.69 Å². The molecule has 8 nitrogen and oxygen atoms in total. The Hall–Kier alpha value is -2.74. The topological polar surface area (TPSA) is 102 Å². The van der Waals surface area contributed by atoms with E-state index in [9.17, 15) is 20.0 Å². The van der Waals surface area contributed by atoms with Crippen molar-refractivity contribution < 1.29 is 14.8 Å². The van der Waals surface area contributed by atoms with Gasteiger partial charge in [-0.1, -0.05) is 0 Å². The van der Waals surface area contributed by atoms with Crippen LogP contribution >= 0.6 is 0 Å². The molecular formula is C13H14N4O4. The molecule has 0 aliphatic heterocycles. The largest absolute Gasteiger partial charge is 0.392 e. The summed E-state index contributed by atoms with van der Waals surface area (Å²) in [5.41, 5.74) is 0.985. The van der Waals surface area contributed by atoms with E-state index in [2.05, 4.69) is 5.10 Å². The Morgan fingerprint density at radius 3 is 2.71 bits per heavy atom. The first-order chi connectivity index (χ1) is 9.93. The van der Waals surface area contributed by atoms with Gasteiger partial charge in [0.2, 0.25) is 0 Å². The van der Waals surface area contributed by atoms with Crippen molar-refractivity contribution in [2.45, 2.75) is 6.61 Å². The Balaban J connectivity index is 2.43. The Bertz CT molecular complexity index is 693. The number of aliphatic hydroxyl groups is 1. The molecule has 0 saturated carbocycles. The molecule has 21 heavy (non-hydrogen) atoms. The zero-order chi connectivity index (χ0) is 15.6. The number of aliphatic hydroxyl groups excluding tert-OH is 1. The minimum atomic E-state index is -0.535. The van der Waals surface area contributed by atoms with Gasteiger partial charge in [-0.05, 0) is 12.1 Å². The van der Waals surface area contributed by atoms with Gasteiger partial charge in [-0.15, -0.1) is 0 Å². The number of carbonyl (C=O) groups excluding carboxylic acids is 1. The van der Waals surface area contributed by atoms with Gasteiger partial charge >= 0.3 is 0 Å². The number of non-ortho nitro benzene ring substituents is 1. The lowest BCUT2D eigenvalue weighted by Gasteiger charge is -2.08. The van der Waals surface area contributed by atoms with E-state index in [4.69, 9.17) is 0 Å². The summed E-state index contributed by atoms with van der Waals surface area (Å²) in [5.74, 6) is -0.249. The molecule has 1 N–H and O–H groups in total. The lowest BCUT2D eigenvalue weighted by molar-refractivity contribution is -0.384. The number of amides is 1. The van der Waals surface area contributed by atoms with Gasteiger partial charge in [-0.25, -0.2) is 4.68 Å². The zero-order valence-electron chi connectivity index (χ0n) is 11.6. The van der Waals surface area contributed by atoms with Crippen LogP contribution in [0.1, 0.15) is 16.1 Å². The number of carbonyl (C=O) groups is 1. The van der Waals surface area contributed by atoms with Crippen molar-refractivity contribution in [3.8, 4) is 5.69 Å². The van der Waals surface area contributed by atoms with Crippen molar-refractivity contribution in [1.82, 2.24) is 14.7 Å². The molecule has 2 rings (SSSR count). The smallest absolute Gasteiger partial charge is 0.273 e. The van der Waals surface area contributed by atoms with Gasteiger partial charge in [-0.3, -0.25) is 14.9 Å². The van der Waals surface area contributed by atoms with Crippen LogP contribution in [0.5, 0.6) is 0 Å². The fourth-order valence-electron chi connectivity index (χ4n) is 1.84. The molecule has 1 aromatic heterocycles. The number of hydrogen-bond donors (Lipinski definition) is 1. The standard InChI is InChI=1S/C13H14N4O4/c1-15(2)13(19)11-5-6-16(14-11)12-4-3-10(17(20)21)7-9(12)8-18/h3-7,18H,8H2,1-2H3. The number of nitro groups is 1. The minimum absolute atomic E-state index is 0.112. The first kappa shape index (κ1) is 14.7. The molecule has 0 fully saturated rings. The summed E-state index contributed by atoms with van der Waals surface area (Å²) >= 11 is 0. The van der Waals surface area contributed by atoms with Crippen LogP contribution in [0.15, 0.2) is 30.5 Å². The average Bonchev–Trinajstić information content (AvgIpc) is 2.94. The van der Waals surface area contributed by atoms with Crippen molar-refractivity contribution in [2.24, 2.45) is 0 Å². The van der Waals surface area contributed by atoms with Crippen molar-refractivity contribution in [1.29, 1.82) is 0 Å². The van der Waals surface area contributed by atoms with E-state index in [0.717, 1.165) is 0 Å². The van der Waals surface area contributed by atoms with Gasteiger partial charge in [-0.2, -0.15) is 5.10 Å². The van der Waals surface area contributed by atoms with E-state index < -0.39 is 4.92 Å². The first-order valence-corrected chi connectivity index (χ1v) is 6.10. The SMILES string of the molecule is CN(C)C(=O)c1ccn(-c2ccc([N+](=O)[O-])cc2CO)n1. The second-order valence-electron chi connectivity index (χ2n) is 4.57. The molecule has 0 radical (unpaired) electrons. The average molecular weight is 290 g/mol. The lowest BCUT2D eigenvalue weighted by atomic mass is 10.1. The molecule has 0 aliphatic rings. The summed E-state index contributed by atoms with van der Waals surface area (Å²) in [7, 11) is 3.23. The number of rotatable bonds is 4. The van der Waals surface area contributed by atoms with E-state index in [0.29, 0.717) is 11.3 Å². The maximum Gasteiger partial charge on any atom is 0.273 e. The first-order valence-electron chi connectivity index (χ1n) is 6.10. The monoisotopic (exact) mass is 290 g/mol. The number of nitro benzene ring substituents is 1. The second-order valence-corrected chi connectivity index (χ2v) is 4.57. The molecular weight excluding hydrogens is 276 g/mol. The van der Waals surface area contributed by atoms with Crippen molar-refractivity contribution in [3.05, 3.63) is 51.8 Å². The minimum Gasteiger partial charge on any atom is -0.392 e. The number of benzene rings is 1. The van der Waals surface area contributed by atoms with Gasteiger partial charge in [0.15, 0.2) is 5.69 Å². The predicted molar refractivity (Wildman–Crippen MR) is 74.2 cm³/mol. The molecule has 0 atom stereocenters. The highest BCUT2D eigenvalue weighted by atomic mass is 16.6. The van der Waals surface area contributed by atoms with Crippen LogP contribution in [-0.4, -0.2) is 44.7 Å². The summed E-state index contributed by atoms with van der Waals surface area (Å²) in [5, 5.41) is 24.2. The summed E-state index contributed by atoms with van der Waals surface area (Å²) in [4.78, 5) is 23.4. The third-order valence-corrected chi connectivity index (χ3v) is 2.91. The molecule has 1 aromatic carbocycles. The molecule has 0 unspecified atom stereocenters. The highest BCUT2D eigenvalue weighted by molar-refractivity contribution is 5.91. The molecule has 1 heterocycles. The lowest BCUT2D eigenvalue weighted by Crippen LogP contribution is -2.22. The fraction of sp³-hybridized carbons (Fsp3) is 0.231. The van der Waals surface area contributed by atoms with Gasteiger partial charge in [0.25, 0.3) is 11.6 Å². The molecule has 8 heteroatoms. The van der Waals surface area contributed by atoms with Crippen LogP contribution in [0.25, 0.3) is 5.69 Å². The van der Waals surface area contributed by atoms with E-state index in [-0.39, 0.29) is 23.9 Å². The quantitative estimate of drug-likeness (QED) is 0.668. The maximum absolute atomic E-state index is 11.8. The summed E-state index contributed by atoms with van der Waals surface area (Å²) < 4.78 is 1.41. The molecule has 1 amide bonds. The normalized spacial score (nSPS) is 10.4. The number of hydrogen-bond acceptors (Lipinski definition) is 5. The van der Waals surface area contributed by atoms with E-state index in [1.54, 1.807) is 26.4 Å². The molecule has 2 aromatic rings. The molecule has 110 valence electrons. The number of nitrogens with zero attached hydrogens (tertiary/aromatic N) is 4. The Morgan fingerprint density at radius 1 is 1.43 bits per heavy atom. The van der Waals surface area contributed by atoms with E-state index in [1.165, 1.54) is 27.8 Å². The van der Waals surface area contributed by atoms with Crippen molar-refractivity contribution in [3.63, 3.8) is 0 Å². The van der Waals surface area contributed by atoms with Crippen LogP contribution in [0.2, 0.25) is 0 Å². The van der Waals surface area contributed by atoms with Crippen molar-refractivity contribution in [2.75, 3.05) is 14.1 Å². The van der Waals surface area contributed by atoms with Crippen LogP contribution in [0.3, 0.4) is 0 Å². The third kappa shape index (κ3) is 2.90. The van der Waals surface area contributed by atoms with Gasteiger partial charge in [0.05, 0.1) is 17.2 Å². The van der Waals surface area contributed by atoms with Crippen molar-refractivity contribution >= 4 is 11.6 Å². The number of aromatic nitrogens is 2. The Morgan fingerprint density at radius 2 is 2.14 bits per heavy atom. The highest BCUT2D eigenvalue weighted by Crippen LogP contribution is 2.21. The zero-order valence-corrected chi connectivity index (χ0v) is 11.6. The molecule has 0 bridgehead atoms. The predicted octanol–water partition coefficient (Wildman–Crippen LogP) is 0.975. The molecule has 0 saturated heterocycles. The van der Waals surface area contributed by atoms with E-state index >= 15 is 0 Å². The van der Waals surface area contributed by atoms with Gasteiger partial charge in [0.1, 0.15) is 0 Å². The summed E-state index contributed by atoms with van der Waals surface area (Å²) in [6, 6.07) is 5.64. The second kappa shape index (κ2) is 5.71. The van der Waals surface area contributed by atoms with Gasteiger partial charge in [0, 0.05) is 38.0 Å². The fourth-order valence-corrected chi connectivity index (χ4v) is 1.84. The Kier molecular flexibility index (Phi) is 3.99.